The summed E-state index contributed by atoms with van der Waals surface area (Å²) in [5.41, 5.74) is 6.22. The second kappa shape index (κ2) is 4.67. The molecule has 0 aliphatic carbocycles. The molecule has 0 aliphatic rings. The number of aromatic nitrogens is 1. The lowest BCUT2D eigenvalue weighted by atomic mass is 10.3. The molecule has 0 aromatic carbocycles. The molecule has 0 amide bonds. The fourth-order valence-corrected chi connectivity index (χ4v) is 0.910. The third-order valence-corrected chi connectivity index (χ3v) is 1.77. The molecular weight excluding hydrogens is 166 g/mol. The van der Waals surface area contributed by atoms with Gasteiger partial charge in [-0.05, 0) is 12.5 Å². The van der Waals surface area contributed by atoms with Crippen LogP contribution >= 0.6 is 0 Å². The Morgan fingerprint density at radius 2 is 2.46 bits per heavy atom. The van der Waals surface area contributed by atoms with Crippen LogP contribution in [0, 0.1) is 0 Å². The minimum absolute atomic E-state index is 0.330. The van der Waals surface area contributed by atoms with Crippen LogP contribution in [0.4, 0.5) is 11.5 Å². The van der Waals surface area contributed by atoms with Gasteiger partial charge >= 0.3 is 0 Å². The predicted molar refractivity (Wildman–Crippen MR) is 53.4 cm³/mol. The second-order valence-electron chi connectivity index (χ2n) is 2.92. The van der Waals surface area contributed by atoms with Gasteiger partial charge in [-0.2, -0.15) is 0 Å². The number of nitrogens with zero attached hydrogens (tertiary/aromatic N) is 1. The minimum Gasteiger partial charge on any atom is -0.399 e. The lowest BCUT2D eigenvalue weighted by Crippen LogP contribution is -2.18. The third-order valence-electron chi connectivity index (χ3n) is 1.77. The van der Waals surface area contributed by atoms with Crippen molar-refractivity contribution in [1.29, 1.82) is 0 Å². The zero-order valence-corrected chi connectivity index (χ0v) is 7.70. The molecule has 0 saturated heterocycles. The van der Waals surface area contributed by atoms with Gasteiger partial charge in [0.25, 0.3) is 0 Å². The molecular formula is C9H15N3O. The maximum atomic E-state index is 9.27. The van der Waals surface area contributed by atoms with Crippen molar-refractivity contribution in [2.75, 3.05) is 17.6 Å². The fraction of sp³-hybridized carbons (Fsp3) is 0.444. The summed E-state index contributed by atoms with van der Waals surface area (Å²) in [5, 5.41) is 12.3. The van der Waals surface area contributed by atoms with Gasteiger partial charge in [0.2, 0.25) is 0 Å². The largest absolute Gasteiger partial charge is 0.399 e. The summed E-state index contributed by atoms with van der Waals surface area (Å²) < 4.78 is 0. The molecule has 4 nitrogen and oxygen atoms in total. The Kier molecular flexibility index (Phi) is 3.52. The maximum absolute atomic E-state index is 9.27. The van der Waals surface area contributed by atoms with Gasteiger partial charge in [-0.1, -0.05) is 6.92 Å². The second-order valence-corrected chi connectivity index (χ2v) is 2.92. The number of pyridine rings is 1. The molecule has 0 aliphatic heterocycles. The SMILES string of the molecule is CCC(O)CNc1cc(N)ccn1. The van der Waals surface area contributed by atoms with Crippen molar-refractivity contribution in [3.63, 3.8) is 0 Å². The first-order chi connectivity index (χ1) is 6.22. The van der Waals surface area contributed by atoms with Crippen LogP contribution in [0.5, 0.6) is 0 Å². The summed E-state index contributed by atoms with van der Waals surface area (Å²) in [4.78, 5) is 4.04. The number of nitrogen functional groups attached to an aromatic ring is 1. The van der Waals surface area contributed by atoms with Gasteiger partial charge in [0, 0.05) is 24.5 Å². The molecule has 4 heteroatoms. The van der Waals surface area contributed by atoms with E-state index in [2.05, 4.69) is 10.3 Å². The van der Waals surface area contributed by atoms with Crippen LogP contribution in [0.3, 0.4) is 0 Å². The van der Waals surface area contributed by atoms with Crippen LogP contribution in [0.1, 0.15) is 13.3 Å². The molecule has 1 atom stereocenters. The van der Waals surface area contributed by atoms with E-state index in [4.69, 9.17) is 5.73 Å². The van der Waals surface area contributed by atoms with Crippen LogP contribution in [-0.4, -0.2) is 22.7 Å². The van der Waals surface area contributed by atoms with Gasteiger partial charge in [0.1, 0.15) is 5.82 Å². The van der Waals surface area contributed by atoms with Gasteiger partial charge in [0.05, 0.1) is 6.10 Å². The summed E-state index contributed by atoms with van der Waals surface area (Å²) >= 11 is 0. The van der Waals surface area contributed by atoms with E-state index < -0.39 is 0 Å². The number of nitrogens with two attached hydrogens (primary N) is 1. The lowest BCUT2D eigenvalue weighted by molar-refractivity contribution is 0.183. The highest BCUT2D eigenvalue weighted by Crippen LogP contribution is 2.07. The fourth-order valence-electron chi connectivity index (χ4n) is 0.910. The van der Waals surface area contributed by atoms with Crippen molar-refractivity contribution in [3.8, 4) is 0 Å². The van der Waals surface area contributed by atoms with E-state index in [0.717, 1.165) is 6.42 Å². The zero-order chi connectivity index (χ0) is 9.68. The van der Waals surface area contributed by atoms with E-state index in [1.165, 1.54) is 0 Å². The molecule has 0 fully saturated rings. The summed E-state index contributed by atoms with van der Waals surface area (Å²) in [5.74, 6) is 0.701. The number of anilines is 2. The summed E-state index contributed by atoms with van der Waals surface area (Å²) in [6, 6.07) is 3.46. The lowest BCUT2D eigenvalue weighted by Gasteiger charge is -2.09. The smallest absolute Gasteiger partial charge is 0.128 e. The summed E-state index contributed by atoms with van der Waals surface area (Å²) in [7, 11) is 0. The van der Waals surface area contributed by atoms with Crippen molar-refractivity contribution in [2.24, 2.45) is 0 Å². The molecule has 1 aromatic heterocycles. The zero-order valence-electron chi connectivity index (χ0n) is 7.70. The van der Waals surface area contributed by atoms with Crippen molar-refractivity contribution < 1.29 is 5.11 Å². The van der Waals surface area contributed by atoms with Crippen LogP contribution in [-0.2, 0) is 0 Å². The van der Waals surface area contributed by atoms with Crippen LogP contribution < -0.4 is 11.1 Å². The van der Waals surface area contributed by atoms with Crippen molar-refractivity contribution >= 4 is 11.5 Å². The third kappa shape index (κ3) is 3.29. The Morgan fingerprint density at radius 3 is 3.08 bits per heavy atom. The number of nitrogens with one attached hydrogen (secondary N) is 1. The Labute approximate surface area is 77.8 Å². The molecule has 4 N–H and O–H groups in total. The normalized spacial score (nSPS) is 12.5. The Bertz CT molecular complexity index is 265. The maximum Gasteiger partial charge on any atom is 0.128 e. The highest BCUT2D eigenvalue weighted by atomic mass is 16.3. The molecule has 13 heavy (non-hydrogen) atoms. The first kappa shape index (κ1) is 9.80. The van der Waals surface area contributed by atoms with Crippen LogP contribution in [0.25, 0.3) is 0 Å². The molecule has 1 rings (SSSR count). The highest BCUT2D eigenvalue weighted by molar-refractivity contribution is 5.48. The van der Waals surface area contributed by atoms with Crippen LogP contribution in [0.15, 0.2) is 18.3 Å². The van der Waals surface area contributed by atoms with E-state index in [1.54, 1.807) is 18.3 Å². The van der Waals surface area contributed by atoms with E-state index >= 15 is 0 Å². The highest BCUT2D eigenvalue weighted by Gasteiger charge is 2.00. The van der Waals surface area contributed by atoms with E-state index in [0.29, 0.717) is 18.1 Å². The van der Waals surface area contributed by atoms with Gasteiger partial charge in [0.15, 0.2) is 0 Å². The summed E-state index contributed by atoms with van der Waals surface area (Å²) in [6.45, 7) is 2.44. The van der Waals surface area contributed by atoms with Gasteiger partial charge in [-0.15, -0.1) is 0 Å². The first-order valence-corrected chi connectivity index (χ1v) is 4.36. The number of aliphatic hydroxyl groups excluding tert-OH is 1. The van der Waals surface area contributed by atoms with Gasteiger partial charge in [-0.25, -0.2) is 4.98 Å². The van der Waals surface area contributed by atoms with Crippen molar-refractivity contribution in [3.05, 3.63) is 18.3 Å². The first-order valence-electron chi connectivity index (χ1n) is 4.36. The Morgan fingerprint density at radius 1 is 1.69 bits per heavy atom. The molecule has 0 bridgehead atoms. The quantitative estimate of drug-likeness (QED) is 0.644. The number of aliphatic hydroxyl groups is 1. The molecule has 1 aromatic rings. The molecule has 1 heterocycles. The average molecular weight is 181 g/mol. The average Bonchev–Trinajstić information content (AvgIpc) is 2.14. The number of hydrogen-bond donors (Lipinski definition) is 3. The van der Waals surface area contributed by atoms with Gasteiger partial charge in [-0.3, -0.25) is 0 Å². The Balaban J connectivity index is 2.45. The van der Waals surface area contributed by atoms with E-state index in [9.17, 15) is 5.11 Å². The van der Waals surface area contributed by atoms with E-state index in [-0.39, 0.29) is 6.10 Å². The molecule has 1 unspecified atom stereocenters. The van der Waals surface area contributed by atoms with Gasteiger partial charge < -0.3 is 16.2 Å². The number of hydrogen-bond acceptors (Lipinski definition) is 4. The van der Waals surface area contributed by atoms with Crippen molar-refractivity contribution in [1.82, 2.24) is 4.98 Å². The van der Waals surface area contributed by atoms with Crippen molar-refractivity contribution in [2.45, 2.75) is 19.4 Å². The predicted octanol–water partition coefficient (Wildman–Crippen LogP) is 0.847. The van der Waals surface area contributed by atoms with Crippen LogP contribution in [0.2, 0.25) is 0 Å². The minimum atomic E-state index is -0.330. The molecule has 72 valence electrons. The number of rotatable bonds is 4. The topological polar surface area (TPSA) is 71.2 Å². The molecule has 0 spiro atoms. The molecule has 0 saturated carbocycles. The summed E-state index contributed by atoms with van der Waals surface area (Å²) in [6.07, 6.45) is 2.04. The van der Waals surface area contributed by atoms with E-state index in [1.807, 2.05) is 6.92 Å². The molecule has 0 radical (unpaired) electrons. The standard InChI is InChI=1S/C9H15N3O/c1-2-8(13)6-12-9-5-7(10)3-4-11-9/h3-5,8,13H,2,6H2,1H3,(H3,10,11,12). The monoisotopic (exact) mass is 181 g/mol. The Hall–Kier alpha value is -1.29.